The average molecular weight is 249 g/mol. The molecule has 0 saturated heterocycles. The van der Waals surface area contributed by atoms with Crippen LogP contribution in [-0.2, 0) is 0 Å². The van der Waals surface area contributed by atoms with Crippen LogP contribution in [0.1, 0.15) is 0 Å². The molecule has 3 nitrogen and oxygen atoms in total. The Hall–Kier alpha value is -0.770. The summed E-state index contributed by atoms with van der Waals surface area (Å²) >= 11 is 17.3. The molecule has 2 aromatic heterocycles. The first-order valence-corrected chi connectivity index (χ1v) is 4.72. The van der Waals surface area contributed by atoms with Gasteiger partial charge in [-0.3, -0.25) is 4.98 Å². The van der Waals surface area contributed by atoms with Crippen LogP contribution in [0, 0.1) is 0 Å². The molecule has 2 rings (SSSR count). The molecule has 0 aliphatic carbocycles. The van der Waals surface area contributed by atoms with Crippen LogP contribution in [0.3, 0.4) is 0 Å². The molecule has 0 aromatic carbocycles. The molecule has 0 aliphatic heterocycles. The molecule has 0 atom stereocenters. The molecule has 0 spiro atoms. The van der Waals surface area contributed by atoms with E-state index in [1.165, 1.54) is 18.6 Å². The monoisotopic (exact) mass is 248 g/mol. The lowest BCUT2D eigenvalue weighted by atomic mass is 10.2. The minimum atomic E-state index is 0.0453. The highest BCUT2D eigenvalue weighted by atomic mass is 35.5. The van der Waals surface area contributed by atoms with Crippen molar-refractivity contribution >= 4 is 34.8 Å². The van der Waals surface area contributed by atoms with Crippen molar-refractivity contribution in [3.63, 3.8) is 0 Å². The van der Waals surface area contributed by atoms with E-state index < -0.39 is 0 Å². The molecule has 0 saturated carbocycles. The third-order valence-corrected chi connectivity index (χ3v) is 2.33. The Morgan fingerprint density at radius 1 is 1.00 bits per heavy atom. The second-order valence-corrected chi connectivity index (χ2v) is 3.59. The third-order valence-electron chi connectivity index (χ3n) is 1.58. The van der Waals surface area contributed by atoms with E-state index >= 15 is 0 Å². The van der Waals surface area contributed by atoms with E-state index in [9.17, 15) is 0 Å². The van der Waals surface area contributed by atoms with Crippen LogP contribution in [0.25, 0.3) is 11.3 Å². The molecule has 0 aliphatic rings. The first-order chi connectivity index (χ1) is 6.68. The van der Waals surface area contributed by atoms with Crippen LogP contribution in [0.5, 0.6) is 0 Å². The van der Waals surface area contributed by atoms with Crippen LogP contribution in [-0.4, -0.2) is 9.97 Å². The number of aromatic nitrogens is 2. The van der Waals surface area contributed by atoms with Crippen molar-refractivity contribution in [1.29, 1.82) is 0 Å². The zero-order chi connectivity index (χ0) is 10.1. The first kappa shape index (κ1) is 9.77. The fraction of sp³-hybridized carbons (Fsp3) is 0. The predicted molar refractivity (Wildman–Crippen MR) is 54.8 cm³/mol. The van der Waals surface area contributed by atoms with Crippen molar-refractivity contribution in [3.05, 3.63) is 34.0 Å². The van der Waals surface area contributed by atoms with Gasteiger partial charge in [-0.1, -0.05) is 23.2 Å². The number of oxazole rings is 1. The number of pyridine rings is 1. The lowest BCUT2D eigenvalue weighted by Crippen LogP contribution is -1.81. The quantitative estimate of drug-likeness (QED) is 0.773. The van der Waals surface area contributed by atoms with Gasteiger partial charge in [0.1, 0.15) is 0 Å². The summed E-state index contributed by atoms with van der Waals surface area (Å²) in [7, 11) is 0. The summed E-state index contributed by atoms with van der Waals surface area (Å²) in [6, 6.07) is 0. The number of nitrogens with zero attached hydrogens (tertiary/aromatic N) is 2. The number of hydrogen-bond donors (Lipinski definition) is 0. The highest BCUT2D eigenvalue weighted by Crippen LogP contribution is 2.34. The second-order valence-electron chi connectivity index (χ2n) is 2.46. The minimum absolute atomic E-state index is 0.0453. The molecule has 72 valence electrons. The summed E-state index contributed by atoms with van der Waals surface area (Å²) in [5, 5.41) is 0.833. The van der Waals surface area contributed by atoms with Gasteiger partial charge in [0.2, 0.25) is 0 Å². The molecular formula is C8H3Cl3N2O. The maximum atomic E-state index is 5.90. The molecule has 0 radical (unpaired) electrons. The smallest absolute Gasteiger partial charge is 0.292 e. The zero-order valence-corrected chi connectivity index (χ0v) is 8.94. The molecule has 0 bridgehead atoms. The van der Waals surface area contributed by atoms with E-state index in [1.807, 2.05) is 0 Å². The first-order valence-electron chi connectivity index (χ1n) is 3.59. The van der Waals surface area contributed by atoms with Crippen molar-refractivity contribution in [3.8, 4) is 11.3 Å². The Balaban J connectivity index is 2.61. The summed E-state index contributed by atoms with van der Waals surface area (Å²) < 4.78 is 5.09. The van der Waals surface area contributed by atoms with E-state index in [2.05, 4.69) is 9.97 Å². The van der Waals surface area contributed by atoms with Crippen molar-refractivity contribution in [2.75, 3.05) is 0 Å². The maximum absolute atomic E-state index is 5.90. The molecular weight excluding hydrogens is 246 g/mol. The summed E-state index contributed by atoms with van der Waals surface area (Å²) in [4.78, 5) is 7.55. The summed E-state index contributed by atoms with van der Waals surface area (Å²) in [5.41, 5.74) is 0.544. The van der Waals surface area contributed by atoms with Crippen LogP contribution < -0.4 is 0 Å². The Morgan fingerprint density at radius 3 is 2.14 bits per heavy atom. The Morgan fingerprint density at radius 2 is 1.64 bits per heavy atom. The zero-order valence-electron chi connectivity index (χ0n) is 6.67. The Bertz CT molecular complexity index is 449. The lowest BCUT2D eigenvalue weighted by molar-refractivity contribution is 0.574. The largest absolute Gasteiger partial charge is 0.427 e. The Kier molecular flexibility index (Phi) is 2.63. The van der Waals surface area contributed by atoms with Gasteiger partial charge in [0, 0.05) is 12.4 Å². The highest BCUT2D eigenvalue weighted by molar-refractivity contribution is 6.38. The standard InChI is InChI=1S/C8H3Cl3N2O/c9-4-1-12-2-5(10)7(4)6-3-13-8(11)14-6/h1-3H. The van der Waals surface area contributed by atoms with Gasteiger partial charge in [0.15, 0.2) is 5.76 Å². The molecule has 0 unspecified atom stereocenters. The van der Waals surface area contributed by atoms with E-state index in [4.69, 9.17) is 39.2 Å². The predicted octanol–water partition coefficient (Wildman–Crippen LogP) is 3.70. The van der Waals surface area contributed by atoms with E-state index in [-0.39, 0.29) is 5.35 Å². The second kappa shape index (κ2) is 3.77. The average Bonchev–Trinajstić information content (AvgIpc) is 2.51. The van der Waals surface area contributed by atoms with Crippen LogP contribution in [0.15, 0.2) is 23.0 Å². The number of hydrogen-bond acceptors (Lipinski definition) is 3. The summed E-state index contributed by atoms with van der Waals surface area (Å²) in [6.45, 7) is 0. The molecule has 0 N–H and O–H groups in total. The molecule has 6 heteroatoms. The SMILES string of the molecule is Clc1ncc(-c2c(Cl)cncc2Cl)o1. The van der Waals surface area contributed by atoms with Crippen LogP contribution in [0.2, 0.25) is 15.4 Å². The van der Waals surface area contributed by atoms with Gasteiger partial charge in [-0.2, -0.15) is 0 Å². The van der Waals surface area contributed by atoms with E-state index in [0.29, 0.717) is 21.4 Å². The highest BCUT2D eigenvalue weighted by Gasteiger charge is 2.13. The molecule has 0 amide bonds. The van der Waals surface area contributed by atoms with Gasteiger partial charge in [-0.05, 0) is 11.6 Å². The molecule has 2 aromatic rings. The van der Waals surface area contributed by atoms with Crippen molar-refractivity contribution in [1.82, 2.24) is 9.97 Å². The third kappa shape index (κ3) is 1.71. The minimum Gasteiger partial charge on any atom is -0.427 e. The fourth-order valence-electron chi connectivity index (χ4n) is 1.02. The van der Waals surface area contributed by atoms with Crippen molar-refractivity contribution < 1.29 is 4.42 Å². The molecule has 2 heterocycles. The number of rotatable bonds is 1. The van der Waals surface area contributed by atoms with Gasteiger partial charge in [0.25, 0.3) is 5.35 Å². The van der Waals surface area contributed by atoms with Gasteiger partial charge >= 0.3 is 0 Å². The Labute approximate surface area is 94.6 Å². The summed E-state index contributed by atoms with van der Waals surface area (Å²) in [5.74, 6) is 0.424. The van der Waals surface area contributed by atoms with Gasteiger partial charge in [-0.15, -0.1) is 0 Å². The van der Waals surface area contributed by atoms with Gasteiger partial charge in [0.05, 0.1) is 21.8 Å². The maximum Gasteiger partial charge on any atom is 0.292 e. The van der Waals surface area contributed by atoms with E-state index in [1.54, 1.807) is 0 Å². The molecule has 0 fully saturated rings. The normalized spacial score (nSPS) is 10.5. The molecule has 14 heavy (non-hydrogen) atoms. The summed E-state index contributed by atoms with van der Waals surface area (Å²) in [6.07, 6.45) is 4.40. The van der Waals surface area contributed by atoms with Crippen molar-refractivity contribution in [2.24, 2.45) is 0 Å². The topological polar surface area (TPSA) is 38.9 Å². The van der Waals surface area contributed by atoms with Crippen LogP contribution in [0.4, 0.5) is 0 Å². The van der Waals surface area contributed by atoms with Gasteiger partial charge < -0.3 is 4.42 Å². The van der Waals surface area contributed by atoms with Crippen LogP contribution >= 0.6 is 34.8 Å². The van der Waals surface area contributed by atoms with Crippen molar-refractivity contribution in [2.45, 2.75) is 0 Å². The van der Waals surface area contributed by atoms with E-state index in [0.717, 1.165) is 0 Å². The lowest BCUT2D eigenvalue weighted by Gasteiger charge is -2.00. The number of halogens is 3. The van der Waals surface area contributed by atoms with Gasteiger partial charge in [-0.25, -0.2) is 4.98 Å². The fourth-order valence-corrected chi connectivity index (χ4v) is 1.70.